The second-order valence-electron chi connectivity index (χ2n) is 6.91. The highest BCUT2D eigenvalue weighted by Gasteiger charge is 2.47. The molecule has 6 heteroatoms. The second-order valence-corrected chi connectivity index (χ2v) is 6.91. The Morgan fingerprint density at radius 1 is 1.23 bits per heavy atom. The zero-order valence-corrected chi connectivity index (χ0v) is 14.8. The van der Waals surface area contributed by atoms with Gasteiger partial charge in [0.05, 0.1) is 12.3 Å². The number of aromatic nitrogens is 1. The molecule has 2 N–H and O–H groups in total. The van der Waals surface area contributed by atoms with Crippen molar-refractivity contribution in [2.45, 2.75) is 44.4 Å². The van der Waals surface area contributed by atoms with E-state index in [0.29, 0.717) is 17.4 Å². The number of hydrazine groups is 1. The number of benzene rings is 1. The highest BCUT2D eigenvalue weighted by atomic mass is 19.1. The minimum absolute atomic E-state index is 0.155. The first-order valence-electron chi connectivity index (χ1n) is 8.88. The van der Waals surface area contributed by atoms with Gasteiger partial charge in [-0.1, -0.05) is 18.2 Å². The van der Waals surface area contributed by atoms with Crippen LogP contribution in [-0.4, -0.2) is 11.1 Å². The van der Waals surface area contributed by atoms with Crippen molar-refractivity contribution >= 4 is 0 Å². The van der Waals surface area contributed by atoms with E-state index in [4.69, 9.17) is 9.47 Å². The number of halogens is 1. The number of hydrogen-bond donors (Lipinski definition) is 2. The first-order chi connectivity index (χ1) is 12.6. The first-order valence-corrected chi connectivity index (χ1v) is 8.88. The molecule has 136 valence electrons. The van der Waals surface area contributed by atoms with Crippen molar-refractivity contribution in [3.05, 3.63) is 71.6 Å². The van der Waals surface area contributed by atoms with Gasteiger partial charge in [0.2, 0.25) is 5.72 Å². The Morgan fingerprint density at radius 3 is 2.65 bits per heavy atom. The van der Waals surface area contributed by atoms with Crippen LogP contribution in [0.5, 0.6) is 5.75 Å². The third kappa shape index (κ3) is 3.18. The van der Waals surface area contributed by atoms with Gasteiger partial charge in [0.25, 0.3) is 0 Å². The van der Waals surface area contributed by atoms with Crippen molar-refractivity contribution < 1.29 is 13.9 Å². The third-order valence-electron chi connectivity index (χ3n) is 4.43. The minimum atomic E-state index is -1.34. The lowest BCUT2D eigenvalue weighted by molar-refractivity contribution is -0.102. The molecule has 1 unspecified atom stereocenters. The molecule has 0 amide bonds. The van der Waals surface area contributed by atoms with Crippen molar-refractivity contribution in [1.82, 2.24) is 15.8 Å². The molecular weight excluding hydrogens is 333 g/mol. The van der Waals surface area contributed by atoms with E-state index in [0.717, 1.165) is 18.4 Å². The molecular formula is C20H22FN3O2. The lowest BCUT2D eigenvalue weighted by Gasteiger charge is -2.32. The zero-order chi connectivity index (χ0) is 18.1. The fraction of sp³-hybridized carbons (Fsp3) is 0.350. The zero-order valence-electron chi connectivity index (χ0n) is 14.8. The lowest BCUT2D eigenvalue weighted by atomic mass is 10.0. The summed E-state index contributed by atoms with van der Waals surface area (Å²) in [6.45, 7) is 3.77. The van der Waals surface area contributed by atoms with E-state index in [1.165, 1.54) is 0 Å². The number of pyridine rings is 1. The van der Waals surface area contributed by atoms with Crippen molar-refractivity contribution in [3.8, 4) is 5.75 Å². The quantitative estimate of drug-likeness (QED) is 0.827. The Bertz CT molecular complexity index is 821. The maximum Gasteiger partial charge on any atom is 0.242 e. The molecule has 0 spiro atoms. The minimum Gasteiger partial charge on any atom is -0.455 e. The van der Waals surface area contributed by atoms with Crippen LogP contribution in [0.2, 0.25) is 0 Å². The van der Waals surface area contributed by atoms with E-state index in [9.17, 15) is 0 Å². The number of nitrogens with zero attached hydrogens (tertiary/aromatic N) is 1. The Kier molecular flexibility index (Phi) is 4.38. The van der Waals surface area contributed by atoms with Gasteiger partial charge >= 0.3 is 0 Å². The number of rotatable bonds is 6. The Balaban J connectivity index is 1.72. The molecule has 0 radical (unpaired) electrons. The number of ether oxygens (including phenoxy) is 2. The lowest BCUT2D eigenvalue weighted by Crippen LogP contribution is -2.49. The largest absolute Gasteiger partial charge is 0.455 e. The Morgan fingerprint density at radius 2 is 2.00 bits per heavy atom. The van der Waals surface area contributed by atoms with E-state index >= 15 is 4.39 Å². The van der Waals surface area contributed by atoms with Crippen molar-refractivity contribution in [2.75, 3.05) is 0 Å². The summed E-state index contributed by atoms with van der Waals surface area (Å²) in [5.74, 6) is 1.06. The van der Waals surface area contributed by atoms with Crippen molar-refractivity contribution in [2.24, 2.45) is 0 Å². The summed E-state index contributed by atoms with van der Waals surface area (Å²) in [6.07, 6.45) is 5.37. The van der Waals surface area contributed by atoms with E-state index in [2.05, 4.69) is 15.8 Å². The van der Waals surface area contributed by atoms with Gasteiger partial charge in [-0.05, 0) is 56.4 Å². The molecule has 1 aromatic carbocycles. The van der Waals surface area contributed by atoms with Gasteiger partial charge < -0.3 is 14.9 Å². The summed E-state index contributed by atoms with van der Waals surface area (Å²) >= 11 is 0. The van der Waals surface area contributed by atoms with Gasteiger partial charge in [0, 0.05) is 6.20 Å². The summed E-state index contributed by atoms with van der Waals surface area (Å²) in [5, 5.41) is 0. The highest BCUT2D eigenvalue weighted by Crippen LogP contribution is 2.42. The predicted octanol–water partition coefficient (Wildman–Crippen LogP) is 3.70. The van der Waals surface area contributed by atoms with Gasteiger partial charge in [-0.2, -0.15) is 5.43 Å². The van der Waals surface area contributed by atoms with E-state index in [1.54, 1.807) is 18.5 Å². The molecule has 1 aliphatic carbocycles. The van der Waals surface area contributed by atoms with Crippen molar-refractivity contribution in [3.63, 3.8) is 0 Å². The average molecular weight is 355 g/mol. The normalized spacial score (nSPS) is 22.2. The molecule has 1 aliphatic heterocycles. The van der Waals surface area contributed by atoms with Crippen LogP contribution in [0.3, 0.4) is 0 Å². The molecule has 1 aromatic heterocycles. The fourth-order valence-corrected chi connectivity index (χ4v) is 3.11. The monoisotopic (exact) mass is 355 g/mol. The third-order valence-corrected chi connectivity index (χ3v) is 4.43. The molecule has 2 aliphatic rings. The van der Waals surface area contributed by atoms with Crippen LogP contribution in [-0.2, 0) is 10.5 Å². The summed E-state index contributed by atoms with van der Waals surface area (Å²) in [6, 6.07) is 10.9. The van der Waals surface area contributed by atoms with Crippen LogP contribution >= 0.6 is 0 Å². The number of para-hydroxylation sites is 1. The van der Waals surface area contributed by atoms with Crippen LogP contribution in [0.15, 0.2) is 54.6 Å². The molecule has 5 nitrogen and oxygen atoms in total. The predicted molar refractivity (Wildman–Crippen MR) is 95.5 cm³/mol. The number of hydrogen-bond acceptors (Lipinski definition) is 5. The smallest absolute Gasteiger partial charge is 0.242 e. The first kappa shape index (κ1) is 17.0. The van der Waals surface area contributed by atoms with E-state index in [-0.39, 0.29) is 11.8 Å². The molecule has 4 rings (SSSR count). The van der Waals surface area contributed by atoms with Crippen LogP contribution in [0.1, 0.15) is 43.9 Å². The van der Waals surface area contributed by atoms with E-state index in [1.807, 2.05) is 44.2 Å². The molecule has 26 heavy (non-hydrogen) atoms. The van der Waals surface area contributed by atoms with Crippen LogP contribution < -0.4 is 15.6 Å². The van der Waals surface area contributed by atoms with E-state index < -0.39 is 11.5 Å². The van der Waals surface area contributed by atoms with Crippen LogP contribution in [0.25, 0.3) is 0 Å². The fourth-order valence-electron chi connectivity index (χ4n) is 3.11. The summed E-state index contributed by atoms with van der Waals surface area (Å²) in [5.41, 5.74) is 5.65. The van der Waals surface area contributed by atoms with Gasteiger partial charge in [-0.15, -0.1) is 0 Å². The SMILES string of the molecule is CC(C)OC1(c2ncc(C3CC3)cc2F)NNC=C1Oc1ccccc1. The molecule has 0 saturated heterocycles. The maximum absolute atomic E-state index is 15.0. The number of nitrogens with one attached hydrogen (secondary N) is 2. The summed E-state index contributed by atoms with van der Waals surface area (Å²) in [7, 11) is 0. The topological polar surface area (TPSA) is 55.4 Å². The maximum atomic E-state index is 15.0. The molecule has 2 heterocycles. The summed E-state index contributed by atoms with van der Waals surface area (Å²) in [4.78, 5) is 4.42. The molecule has 2 aromatic rings. The van der Waals surface area contributed by atoms with Gasteiger partial charge in [-0.25, -0.2) is 4.39 Å². The van der Waals surface area contributed by atoms with Crippen molar-refractivity contribution in [1.29, 1.82) is 0 Å². The van der Waals surface area contributed by atoms with Crippen LogP contribution in [0.4, 0.5) is 4.39 Å². The van der Waals surface area contributed by atoms with Gasteiger partial charge in [0.1, 0.15) is 17.3 Å². The van der Waals surface area contributed by atoms with Crippen LogP contribution in [0, 0.1) is 5.82 Å². The Hall–Kier alpha value is -2.44. The molecule has 1 saturated carbocycles. The second kappa shape index (κ2) is 6.70. The highest BCUT2D eigenvalue weighted by molar-refractivity contribution is 5.34. The average Bonchev–Trinajstić information content (AvgIpc) is 3.40. The Labute approximate surface area is 152 Å². The molecule has 1 atom stereocenters. The van der Waals surface area contributed by atoms with Gasteiger partial charge in [0.15, 0.2) is 5.76 Å². The standard InChI is InChI=1S/C20H22FN3O2/c1-13(2)26-20(19-17(21)10-15(11-22-19)14-8-9-14)18(12-23-24-20)25-16-6-4-3-5-7-16/h3-7,10-14,23-24H,8-9H2,1-2H3. The molecule has 0 bridgehead atoms. The summed E-state index contributed by atoms with van der Waals surface area (Å²) < 4.78 is 27.1. The molecule has 1 fully saturated rings. The van der Waals surface area contributed by atoms with Gasteiger partial charge in [-0.3, -0.25) is 4.98 Å².